The molecule has 1 aromatic carbocycles. The molecule has 1 aromatic rings. The normalized spacial score (nSPS) is 15.3. The summed E-state index contributed by atoms with van der Waals surface area (Å²) in [5.41, 5.74) is 0.617. The number of hydrogen-bond donors (Lipinski definition) is 2. The van der Waals surface area contributed by atoms with Crippen molar-refractivity contribution < 1.29 is 12.8 Å². The maximum Gasteiger partial charge on any atom is 0.240 e. The molecular formula is C15H23FN2O2S. The highest BCUT2D eigenvalue weighted by Gasteiger charge is 2.23. The van der Waals surface area contributed by atoms with Crippen molar-refractivity contribution in [2.75, 3.05) is 6.54 Å². The number of nitrogens with one attached hydrogen (secondary N) is 2. The lowest BCUT2D eigenvalue weighted by molar-refractivity contribution is 0.568. The highest BCUT2D eigenvalue weighted by Crippen LogP contribution is 2.22. The van der Waals surface area contributed by atoms with Gasteiger partial charge in [0.15, 0.2) is 0 Å². The largest absolute Gasteiger partial charge is 0.310 e. The Labute approximate surface area is 126 Å². The molecule has 0 radical (unpaired) electrons. The average Bonchev–Trinajstić information content (AvgIpc) is 3.26. The molecule has 2 N–H and O–H groups in total. The van der Waals surface area contributed by atoms with Crippen LogP contribution in [0.15, 0.2) is 23.1 Å². The van der Waals surface area contributed by atoms with E-state index in [-0.39, 0.29) is 4.90 Å². The van der Waals surface area contributed by atoms with E-state index in [4.69, 9.17) is 0 Å². The lowest BCUT2D eigenvalue weighted by Crippen LogP contribution is -2.27. The van der Waals surface area contributed by atoms with Crippen LogP contribution in [0.25, 0.3) is 0 Å². The van der Waals surface area contributed by atoms with Gasteiger partial charge in [0, 0.05) is 19.1 Å². The molecule has 0 spiro atoms. The van der Waals surface area contributed by atoms with Crippen LogP contribution in [0.2, 0.25) is 0 Å². The van der Waals surface area contributed by atoms with Crippen molar-refractivity contribution in [2.45, 2.75) is 56.5 Å². The molecule has 0 aromatic heterocycles. The van der Waals surface area contributed by atoms with Gasteiger partial charge in [-0.2, -0.15) is 0 Å². The molecule has 1 fully saturated rings. The number of benzene rings is 1. The molecule has 1 aliphatic carbocycles. The highest BCUT2D eigenvalue weighted by atomic mass is 32.2. The molecule has 0 heterocycles. The molecule has 0 amide bonds. The van der Waals surface area contributed by atoms with Gasteiger partial charge in [0.2, 0.25) is 10.0 Å². The van der Waals surface area contributed by atoms with E-state index in [1.807, 2.05) is 0 Å². The van der Waals surface area contributed by atoms with Crippen molar-refractivity contribution in [3.05, 3.63) is 29.6 Å². The zero-order valence-corrected chi connectivity index (χ0v) is 13.2. The third-order valence-electron chi connectivity index (χ3n) is 3.55. The van der Waals surface area contributed by atoms with Crippen molar-refractivity contribution in [1.29, 1.82) is 0 Å². The lowest BCUT2D eigenvalue weighted by atomic mass is 10.2. The molecule has 21 heavy (non-hydrogen) atoms. The Morgan fingerprint density at radius 3 is 2.71 bits per heavy atom. The first-order valence-corrected chi connectivity index (χ1v) is 9.02. The lowest BCUT2D eigenvalue weighted by Gasteiger charge is -2.12. The van der Waals surface area contributed by atoms with Gasteiger partial charge in [-0.3, -0.25) is 0 Å². The smallest absolute Gasteiger partial charge is 0.240 e. The monoisotopic (exact) mass is 314 g/mol. The van der Waals surface area contributed by atoms with Crippen molar-refractivity contribution >= 4 is 10.0 Å². The van der Waals surface area contributed by atoms with Crippen molar-refractivity contribution in [3.8, 4) is 0 Å². The maximum absolute atomic E-state index is 13.4. The number of halogens is 1. The van der Waals surface area contributed by atoms with Gasteiger partial charge >= 0.3 is 0 Å². The second-order valence-electron chi connectivity index (χ2n) is 5.51. The second kappa shape index (κ2) is 7.33. The summed E-state index contributed by atoms with van der Waals surface area (Å²) in [4.78, 5) is 0.0483. The summed E-state index contributed by atoms with van der Waals surface area (Å²) in [6.45, 7) is 2.90. The molecule has 1 saturated carbocycles. The third kappa shape index (κ3) is 5.05. The fraction of sp³-hybridized carbons (Fsp3) is 0.600. The molecule has 1 aliphatic rings. The van der Waals surface area contributed by atoms with Gasteiger partial charge in [0.25, 0.3) is 0 Å². The number of unbranched alkanes of at least 4 members (excludes halogenated alkanes) is 2. The zero-order valence-electron chi connectivity index (χ0n) is 12.4. The van der Waals surface area contributed by atoms with E-state index < -0.39 is 15.8 Å². The first-order chi connectivity index (χ1) is 10.0. The molecule has 118 valence electrons. The number of rotatable bonds is 9. The standard InChI is InChI=1S/C15H23FN2O2S/c1-2-3-4-9-18-21(19,20)15-10-13(16)6-5-12(15)11-17-14-7-8-14/h5-6,10,14,17-18H,2-4,7-9,11H2,1H3. The van der Waals surface area contributed by atoms with E-state index in [1.165, 1.54) is 6.07 Å². The summed E-state index contributed by atoms with van der Waals surface area (Å²) in [7, 11) is -3.65. The summed E-state index contributed by atoms with van der Waals surface area (Å²) in [6.07, 6.45) is 5.04. The van der Waals surface area contributed by atoms with Crippen molar-refractivity contribution in [1.82, 2.24) is 10.0 Å². The fourth-order valence-corrected chi connectivity index (χ4v) is 3.45. The quantitative estimate of drug-likeness (QED) is 0.689. The molecule has 0 bridgehead atoms. The van der Waals surface area contributed by atoms with E-state index >= 15 is 0 Å². The molecule has 6 heteroatoms. The Kier molecular flexibility index (Phi) is 5.72. The Balaban J connectivity index is 2.08. The van der Waals surface area contributed by atoms with Crippen LogP contribution in [0.5, 0.6) is 0 Å². The Bertz CT molecular complexity index is 571. The van der Waals surface area contributed by atoms with Gasteiger partial charge in [-0.05, 0) is 37.0 Å². The summed E-state index contributed by atoms with van der Waals surface area (Å²) < 4.78 is 40.6. The van der Waals surface area contributed by atoms with Crippen LogP contribution in [-0.4, -0.2) is 21.0 Å². The van der Waals surface area contributed by atoms with E-state index in [9.17, 15) is 12.8 Å². The van der Waals surface area contributed by atoms with Crippen LogP contribution >= 0.6 is 0 Å². The zero-order chi connectivity index (χ0) is 15.3. The number of hydrogen-bond acceptors (Lipinski definition) is 3. The summed E-state index contributed by atoms with van der Waals surface area (Å²) >= 11 is 0. The van der Waals surface area contributed by atoms with E-state index in [1.54, 1.807) is 6.07 Å². The summed E-state index contributed by atoms with van der Waals surface area (Å²) in [6, 6.07) is 4.43. The van der Waals surface area contributed by atoms with Gasteiger partial charge in [-0.1, -0.05) is 25.8 Å². The predicted molar refractivity (Wildman–Crippen MR) is 81.0 cm³/mol. The average molecular weight is 314 g/mol. The molecule has 0 unspecified atom stereocenters. The molecule has 0 saturated heterocycles. The predicted octanol–water partition coefficient (Wildman–Crippen LogP) is 2.55. The van der Waals surface area contributed by atoms with Crippen molar-refractivity contribution in [3.63, 3.8) is 0 Å². The second-order valence-corrected chi connectivity index (χ2v) is 7.25. The summed E-state index contributed by atoms with van der Waals surface area (Å²) in [5, 5.41) is 3.27. The number of sulfonamides is 1. The first-order valence-electron chi connectivity index (χ1n) is 7.54. The topological polar surface area (TPSA) is 58.2 Å². The minimum Gasteiger partial charge on any atom is -0.310 e. The van der Waals surface area contributed by atoms with Crippen LogP contribution in [0.3, 0.4) is 0 Å². The van der Waals surface area contributed by atoms with Crippen LogP contribution in [0.1, 0.15) is 44.6 Å². The fourth-order valence-electron chi connectivity index (χ4n) is 2.13. The molecule has 0 atom stereocenters. The van der Waals surface area contributed by atoms with E-state index in [0.29, 0.717) is 24.7 Å². The maximum atomic E-state index is 13.4. The van der Waals surface area contributed by atoms with Gasteiger partial charge < -0.3 is 5.32 Å². The van der Waals surface area contributed by atoms with Gasteiger partial charge in [0.05, 0.1) is 4.90 Å². The van der Waals surface area contributed by atoms with Crippen LogP contribution in [0.4, 0.5) is 4.39 Å². The van der Waals surface area contributed by atoms with Gasteiger partial charge in [-0.25, -0.2) is 17.5 Å². The van der Waals surface area contributed by atoms with Crippen LogP contribution in [-0.2, 0) is 16.6 Å². The van der Waals surface area contributed by atoms with Crippen molar-refractivity contribution in [2.24, 2.45) is 0 Å². The molecule has 2 rings (SSSR count). The van der Waals surface area contributed by atoms with E-state index in [2.05, 4.69) is 17.0 Å². The minimum atomic E-state index is -3.65. The SMILES string of the molecule is CCCCCNS(=O)(=O)c1cc(F)ccc1CNC1CC1. The first kappa shape index (κ1) is 16.4. The van der Waals surface area contributed by atoms with Crippen LogP contribution in [0, 0.1) is 5.82 Å². The highest BCUT2D eigenvalue weighted by molar-refractivity contribution is 7.89. The Hall–Kier alpha value is -0.980. The molecule has 0 aliphatic heterocycles. The minimum absolute atomic E-state index is 0.0483. The van der Waals surface area contributed by atoms with Gasteiger partial charge in [-0.15, -0.1) is 0 Å². The van der Waals surface area contributed by atoms with Gasteiger partial charge in [0.1, 0.15) is 5.82 Å². The molecule has 4 nitrogen and oxygen atoms in total. The molecular weight excluding hydrogens is 291 g/mol. The Morgan fingerprint density at radius 2 is 2.05 bits per heavy atom. The van der Waals surface area contributed by atoms with Crippen LogP contribution < -0.4 is 10.0 Å². The summed E-state index contributed by atoms with van der Waals surface area (Å²) in [5.74, 6) is -0.529. The van der Waals surface area contributed by atoms with E-state index in [0.717, 1.165) is 38.2 Å². The Morgan fingerprint density at radius 1 is 1.29 bits per heavy atom. The third-order valence-corrected chi connectivity index (χ3v) is 5.09.